The lowest BCUT2D eigenvalue weighted by Crippen LogP contribution is -2.40. The molecule has 1 aliphatic heterocycles. The molecule has 10 heteroatoms. The molecule has 3 rings (SSSR count). The highest BCUT2D eigenvalue weighted by molar-refractivity contribution is 7.99. The third-order valence-corrected chi connectivity index (χ3v) is 7.41. The normalized spacial score (nSPS) is 15.3. The van der Waals surface area contributed by atoms with Crippen LogP contribution in [0.4, 0.5) is 0 Å². The molecule has 2 heterocycles. The maximum absolute atomic E-state index is 12.6. The van der Waals surface area contributed by atoms with Crippen LogP contribution in [-0.4, -0.2) is 60.2 Å². The van der Waals surface area contributed by atoms with Crippen molar-refractivity contribution in [3.05, 3.63) is 42.2 Å². The fourth-order valence-corrected chi connectivity index (χ4v) is 5.17. The summed E-state index contributed by atoms with van der Waals surface area (Å²) in [6.45, 7) is 4.89. The summed E-state index contributed by atoms with van der Waals surface area (Å²) in [7, 11) is -3.50. The number of nitrogens with one attached hydrogen (secondary N) is 1. The van der Waals surface area contributed by atoms with Crippen molar-refractivity contribution >= 4 is 27.7 Å². The predicted molar refractivity (Wildman–Crippen MR) is 111 cm³/mol. The van der Waals surface area contributed by atoms with E-state index in [4.69, 9.17) is 4.74 Å². The maximum atomic E-state index is 12.6. The van der Waals surface area contributed by atoms with E-state index < -0.39 is 10.0 Å². The van der Waals surface area contributed by atoms with Gasteiger partial charge in [-0.25, -0.2) is 13.4 Å². The minimum Gasteiger partial charge on any atom is -0.379 e. The number of sulfonamides is 1. The molecule has 158 valence electrons. The first-order valence-electron chi connectivity index (χ1n) is 9.58. The molecule has 0 radical (unpaired) electrons. The molecule has 0 bridgehead atoms. The maximum Gasteiger partial charge on any atom is 0.243 e. The molecule has 2 aromatic rings. The van der Waals surface area contributed by atoms with E-state index in [1.165, 1.54) is 16.1 Å². The van der Waals surface area contributed by atoms with Crippen molar-refractivity contribution in [1.29, 1.82) is 0 Å². The Labute approximate surface area is 175 Å². The third kappa shape index (κ3) is 5.81. The van der Waals surface area contributed by atoms with Gasteiger partial charge in [0, 0.05) is 38.6 Å². The van der Waals surface area contributed by atoms with E-state index in [1.54, 1.807) is 30.5 Å². The van der Waals surface area contributed by atoms with E-state index in [0.29, 0.717) is 32.8 Å². The fourth-order valence-electron chi connectivity index (χ4n) is 2.94. The van der Waals surface area contributed by atoms with Gasteiger partial charge in [-0.2, -0.15) is 4.31 Å². The zero-order valence-electron chi connectivity index (χ0n) is 16.4. The number of carbonyl (C=O) groups is 1. The standard InChI is InChI=1S/C19H26N4O4S2/c1-2-8-22-9-7-20-19(22)28-15-18(24)21-14-16-3-5-17(6-4-16)29(25,26)23-10-12-27-13-11-23/h3-7,9H,2,8,10-15H2,1H3,(H,21,24). The Bertz CT molecular complexity index is 907. The zero-order valence-corrected chi connectivity index (χ0v) is 18.0. The SMILES string of the molecule is CCCn1ccnc1SCC(=O)NCc1ccc(S(=O)(=O)N2CCOCC2)cc1. The number of imidazole rings is 1. The molecular formula is C19H26N4O4S2. The van der Waals surface area contributed by atoms with Crippen molar-refractivity contribution in [3.8, 4) is 0 Å². The summed E-state index contributed by atoms with van der Waals surface area (Å²) >= 11 is 1.40. The molecule has 1 aliphatic rings. The van der Waals surface area contributed by atoms with Gasteiger partial charge < -0.3 is 14.6 Å². The molecule has 8 nitrogen and oxygen atoms in total. The van der Waals surface area contributed by atoms with Crippen LogP contribution in [0.2, 0.25) is 0 Å². The van der Waals surface area contributed by atoms with Crippen LogP contribution in [0.1, 0.15) is 18.9 Å². The summed E-state index contributed by atoms with van der Waals surface area (Å²) < 4.78 is 33.9. The molecular weight excluding hydrogens is 412 g/mol. The Morgan fingerprint density at radius 3 is 2.66 bits per heavy atom. The molecule has 0 unspecified atom stereocenters. The number of hydrogen-bond acceptors (Lipinski definition) is 6. The number of ether oxygens (including phenoxy) is 1. The van der Waals surface area contributed by atoms with Gasteiger partial charge in [-0.05, 0) is 24.1 Å². The van der Waals surface area contributed by atoms with Crippen molar-refractivity contribution in [2.45, 2.75) is 36.5 Å². The largest absolute Gasteiger partial charge is 0.379 e. The second-order valence-corrected chi connectivity index (χ2v) is 9.51. The summed E-state index contributed by atoms with van der Waals surface area (Å²) in [5.41, 5.74) is 0.844. The average Bonchev–Trinajstić information content (AvgIpc) is 3.19. The van der Waals surface area contributed by atoms with E-state index in [0.717, 1.165) is 23.7 Å². The van der Waals surface area contributed by atoms with Crippen LogP contribution < -0.4 is 5.32 Å². The average molecular weight is 439 g/mol. The van der Waals surface area contributed by atoms with Crippen LogP contribution in [0.25, 0.3) is 0 Å². The van der Waals surface area contributed by atoms with Gasteiger partial charge in [-0.15, -0.1) is 0 Å². The zero-order chi connectivity index (χ0) is 20.7. The van der Waals surface area contributed by atoms with E-state index in [2.05, 4.69) is 17.2 Å². The van der Waals surface area contributed by atoms with Crippen LogP contribution in [0.5, 0.6) is 0 Å². The summed E-state index contributed by atoms with van der Waals surface area (Å²) in [6, 6.07) is 6.63. The topological polar surface area (TPSA) is 93.5 Å². The summed E-state index contributed by atoms with van der Waals surface area (Å²) in [6.07, 6.45) is 4.66. The molecule has 1 N–H and O–H groups in total. The van der Waals surface area contributed by atoms with E-state index in [9.17, 15) is 13.2 Å². The number of amides is 1. The van der Waals surface area contributed by atoms with Crippen LogP contribution >= 0.6 is 11.8 Å². The fraction of sp³-hybridized carbons (Fsp3) is 0.474. The van der Waals surface area contributed by atoms with Gasteiger partial charge in [0.05, 0.1) is 23.9 Å². The van der Waals surface area contributed by atoms with Gasteiger partial charge >= 0.3 is 0 Å². The van der Waals surface area contributed by atoms with Gasteiger partial charge in [0.1, 0.15) is 0 Å². The second kappa shape index (κ2) is 10.2. The number of benzene rings is 1. The van der Waals surface area contributed by atoms with Gasteiger partial charge in [0.25, 0.3) is 0 Å². The first-order valence-corrected chi connectivity index (χ1v) is 12.0. The summed E-state index contributed by atoms with van der Waals surface area (Å²) in [4.78, 5) is 16.7. The Balaban J connectivity index is 1.49. The molecule has 1 aromatic heterocycles. The van der Waals surface area contributed by atoms with Crippen molar-refractivity contribution in [2.75, 3.05) is 32.1 Å². The lowest BCUT2D eigenvalue weighted by molar-refractivity contribution is -0.118. The summed E-state index contributed by atoms with van der Waals surface area (Å²) in [5.74, 6) is 0.190. The molecule has 0 saturated carbocycles. The van der Waals surface area contributed by atoms with Crippen molar-refractivity contribution in [2.24, 2.45) is 0 Å². The minimum atomic E-state index is -3.50. The van der Waals surface area contributed by atoms with Gasteiger partial charge in [0.2, 0.25) is 15.9 Å². The highest BCUT2D eigenvalue weighted by Gasteiger charge is 2.26. The number of nitrogens with zero attached hydrogens (tertiary/aromatic N) is 3. The molecule has 1 saturated heterocycles. The second-order valence-electron chi connectivity index (χ2n) is 6.63. The Hall–Kier alpha value is -1.88. The van der Waals surface area contributed by atoms with Crippen LogP contribution in [0, 0.1) is 0 Å². The number of morpholine rings is 1. The van der Waals surface area contributed by atoms with Gasteiger partial charge in [-0.1, -0.05) is 30.8 Å². The lowest BCUT2D eigenvalue weighted by Gasteiger charge is -2.26. The Morgan fingerprint density at radius 1 is 1.24 bits per heavy atom. The van der Waals surface area contributed by atoms with Crippen molar-refractivity contribution in [3.63, 3.8) is 0 Å². The number of hydrogen-bond donors (Lipinski definition) is 1. The predicted octanol–water partition coefficient (Wildman–Crippen LogP) is 1.72. The third-order valence-electron chi connectivity index (χ3n) is 4.50. The van der Waals surface area contributed by atoms with Crippen LogP contribution in [0.15, 0.2) is 46.7 Å². The first kappa shape index (κ1) is 21.8. The molecule has 1 fully saturated rings. The Kier molecular flexibility index (Phi) is 7.70. The first-order chi connectivity index (χ1) is 14.0. The molecule has 0 aliphatic carbocycles. The molecule has 1 aromatic carbocycles. The van der Waals surface area contributed by atoms with Crippen molar-refractivity contribution in [1.82, 2.24) is 19.2 Å². The monoisotopic (exact) mass is 438 g/mol. The van der Waals surface area contributed by atoms with E-state index >= 15 is 0 Å². The number of aromatic nitrogens is 2. The van der Waals surface area contributed by atoms with Crippen LogP contribution in [-0.2, 0) is 32.6 Å². The Morgan fingerprint density at radius 2 is 1.97 bits per heavy atom. The number of carbonyl (C=O) groups excluding carboxylic acids is 1. The summed E-state index contributed by atoms with van der Waals surface area (Å²) in [5, 5.41) is 3.69. The lowest BCUT2D eigenvalue weighted by atomic mass is 10.2. The van der Waals surface area contributed by atoms with E-state index in [-0.39, 0.29) is 16.6 Å². The highest BCUT2D eigenvalue weighted by atomic mass is 32.2. The van der Waals surface area contributed by atoms with Crippen molar-refractivity contribution < 1.29 is 17.9 Å². The van der Waals surface area contributed by atoms with Gasteiger partial charge in [0.15, 0.2) is 5.16 Å². The molecule has 1 amide bonds. The molecule has 29 heavy (non-hydrogen) atoms. The van der Waals surface area contributed by atoms with Gasteiger partial charge in [-0.3, -0.25) is 4.79 Å². The smallest absolute Gasteiger partial charge is 0.243 e. The molecule has 0 spiro atoms. The van der Waals surface area contributed by atoms with E-state index in [1.807, 2.05) is 10.8 Å². The quantitative estimate of drug-likeness (QED) is 0.599. The number of rotatable bonds is 9. The van der Waals surface area contributed by atoms with Crippen LogP contribution in [0.3, 0.4) is 0 Å². The number of aryl methyl sites for hydroxylation is 1. The minimum absolute atomic E-state index is 0.0916. The number of thioether (sulfide) groups is 1. The molecule has 0 atom stereocenters. The highest BCUT2D eigenvalue weighted by Crippen LogP contribution is 2.18.